The van der Waals surface area contributed by atoms with Gasteiger partial charge in [0.15, 0.2) is 0 Å². The molecule has 2 heterocycles. The highest BCUT2D eigenvalue weighted by Gasteiger charge is 2.17. The second-order valence-electron chi connectivity index (χ2n) is 15.2. The topological polar surface area (TPSA) is 153 Å². The number of halogens is 1. The molecule has 12 heteroatoms. The van der Waals surface area contributed by atoms with Gasteiger partial charge in [0.25, 0.3) is 11.4 Å². The SMILES string of the molecule is O=[N+]([O-])c1ccccc1-c1ccc2c(ccc3cc4oc5ccccc5c4cc32)c1.O=[N+]([O-])c1ccccc1Br.OB(O)c1ccc2c(ccc3cc4oc5ccccc5c4cc32)c1. The Bertz CT molecular complexity index is 3830. The van der Waals surface area contributed by atoms with Crippen LogP contribution in [0.1, 0.15) is 0 Å². The molecule has 2 N–H and O–H groups in total. The molecule has 0 aliphatic heterocycles. The summed E-state index contributed by atoms with van der Waals surface area (Å²) in [6, 6.07) is 57.6. The maximum atomic E-state index is 11.4. The number of nitro groups is 2. The maximum Gasteiger partial charge on any atom is 0.488 e. The number of furan rings is 2. The predicted octanol–water partition coefficient (Wildman–Crippen LogP) is 13.4. The van der Waals surface area contributed by atoms with Crippen molar-refractivity contribution in [2.45, 2.75) is 0 Å². The Labute approximate surface area is 371 Å². The van der Waals surface area contributed by atoms with Crippen LogP contribution in [0.15, 0.2) is 195 Å². The monoisotopic (exact) mass is 902 g/mol. The molecule has 0 unspecified atom stereocenters. The Balaban J connectivity index is 0.000000127. The Morgan fingerprint density at radius 3 is 1.42 bits per heavy atom. The van der Waals surface area contributed by atoms with Crippen LogP contribution >= 0.6 is 15.9 Å². The number of nitro benzene ring substituents is 2. The minimum absolute atomic E-state index is 0.0995. The number of benzene rings is 10. The standard InChI is InChI=1S/C26H15NO3.C20H13BO3.C6H4BrNO2/c28-27(29)24-7-3-1-5-20(24)17-11-12-19-16(13-17)9-10-18-14-26-23(15-22(18)19)21-6-2-4-8-25(21)30-26;22-21(23)14-7-8-15-12(9-14)5-6-13-10-20-18(11-17(13)15)16-3-1-2-4-19(16)24-20;7-5-3-1-2-4-6(5)8(9)10/h1-15H;1-11,22-23H;1-4H. The highest BCUT2D eigenvalue weighted by Crippen LogP contribution is 2.38. The molecule has 12 rings (SSSR count). The van der Waals surface area contributed by atoms with Crippen LogP contribution < -0.4 is 5.46 Å². The lowest BCUT2D eigenvalue weighted by molar-refractivity contribution is -0.385. The van der Waals surface area contributed by atoms with Crippen LogP contribution in [0, 0.1) is 20.2 Å². The zero-order valence-electron chi connectivity index (χ0n) is 33.5. The first-order valence-corrected chi connectivity index (χ1v) is 20.9. The molecule has 0 atom stereocenters. The lowest BCUT2D eigenvalue weighted by Gasteiger charge is -2.08. The van der Waals surface area contributed by atoms with Gasteiger partial charge in [0.1, 0.15) is 22.3 Å². The van der Waals surface area contributed by atoms with E-state index in [0.717, 1.165) is 92.5 Å². The Hall–Kier alpha value is -7.90. The van der Waals surface area contributed by atoms with Gasteiger partial charge in [-0.25, -0.2) is 0 Å². The zero-order valence-corrected chi connectivity index (χ0v) is 35.1. The van der Waals surface area contributed by atoms with Crippen LogP contribution in [0.2, 0.25) is 0 Å². The van der Waals surface area contributed by atoms with Gasteiger partial charge in [-0.05, 0) is 125 Å². The maximum absolute atomic E-state index is 11.4. The van der Waals surface area contributed by atoms with E-state index in [1.165, 1.54) is 6.07 Å². The highest BCUT2D eigenvalue weighted by molar-refractivity contribution is 9.10. The van der Waals surface area contributed by atoms with E-state index in [2.05, 4.69) is 70.5 Å². The van der Waals surface area contributed by atoms with Crippen molar-refractivity contribution in [3.63, 3.8) is 0 Å². The molecule has 12 aromatic rings. The molecule has 0 aliphatic carbocycles. The van der Waals surface area contributed by atoms with E-state index in [1.807, 2.05) is 78.9 Å². The molecule has 0 amide bonds. The minimum atomic E-state index is -1.45. The third-order valence-electron chi connectivity index (χ3n) is 11.4. The molecule has 10 aromatic carbocycles. The zero-order chi connectivity index (χ0) is 44.1. The summed E-state index contributed by atoms with van der Waals surface area (Å²) in [6.07, 6.45) is 0. The van der Waals surface area contributed by atoms with Crippen LogP contribution in [0.25, 0.3) is 98.1 Å². The van der Waals surface area contributed by atoms with Gasteiger partial charge in [0.05, 0.1) is 19.9 Å². The number of hydrogen-bond donors (Lipinski definition) is 2. The summed E-state index contributed by atoms with van der Waals surface area (Å²) in [5, 5.41) is 53.5. The van der Waals surface area contributed by atoms with E-state index < -0.39 is 12.0 Å². The van der Waals surface area contributed by atoms with Gasteiger partial charge in [0.2, 0.25) is 0 Å². The molecule has 0 saturated heterocycles. The second kappa shape index (κ2) is 16.4. The van der Waals surface area contributed by atoms with Crippen molar-refractivity contribution in [1.82, 2.24) is 0 Å². The summed E-state index contributed by atoms with van der Waals surface area (Å²) >= 11 is 3.06. The average Bonchev–Trinajstić information content (AvgIpc) is 3.87. The largest absolute Gasteiger partial charge is 0.488 e. The van der Waals surface area contributed by atoms with Crippen molar-refractivity contribution in [2.75, 3.05) is 0 Å². The van der Waals surface area contributed by atoms with Gasteiger partial charge in [0, 0.05) is 33.7 Å². The first kappa shape index (κ1) is 40.2. The second-order valence-corrected chi connectivity index (χ2v) is 16.1. The smallest absolute Gasteiger partial charge is 0.456 e. The molecule has 0 saturated carbocycles. The van der Waals surface area contributed by atoms with E-state index >= 15 is 0 Å². The Kier molecular flexibility index (Phi) is 10.3. The Morgan fingerprint density at radius 2 is 0.891 bits per heavy atom. The molecule has 64 heavy (non-hydrogen) atoms. The quantitative estimate of drug-likeness (QED) is 0.0766. The molecule has 2 aromatic heterocycles. The summed E-state index contributed by atoms with van der Waals surface area (Å²) in [5.41, 5.74) is 5.70. The molecule has 0 radical (unpaired) electrons. The van der Waals surface area contributed by atoms with Crippen molar-refractivity contribution < 1.29 is 28.7 Å². The van der Waals surface area contributed by atoms with Gasteiger partial charge in [-0.1, -0.05) is 115 Å². The molecular weight excluding hydrogens is 871 g/mol. The molecule has 0 fully saturated rings. The van der Waals surface area contributed by atoms with Crippen molar-refractivity contribution >= 4 is 127 Å². The van der Waals surface area contributed by atoms with E-state index in [-0.39, 0.29) is 16.3 Å². The van der Waals surface area contributed by atoms with E-state index in [1.54, 1.807) is 42.5 Å². The molecule has 308 valence electrons. The van der Waals surface area contributed by atoms with Gasteiger partial charge in [-0.2, -0.15) is 0 Å². The fourth-order valence-corrected chi connectivity index (χ4v) is 8.82. The van der Waals surface area contributed by atoms with Crippen LogP contribution in [0.3, 0.4) is 0 Å². The number of para-hydroxylation sites is 4. The lowest BCUT2D eigenvalue weighted by atomic mass is 9.79. The van der Waals surface area contributed by atoms with Gasteiger partial charge < -0.3 is 18.9 Å². The number of rotatable bonds is 4. The summed E-state index contributed by atoms with van der Waals surface area (Å²) in [4.78, 5) is 20.9. The van der Waals surface area contributed by atoms with Crippen molar-refractivity contribution in [3.05, 3.63) is 207 Å². The molecule has 0 aliphatic rings. The third kappa shape index (κ3) is 7.35. The van der Waals surface area contributed by atoms with Crippen molar-refractivity contribution in [1.29, 1.82) is 0 Å². The fraction of sp³-hybridized carbons (Fsp3) is 0. The minimum Gasteiger partial charge on any atom is -0.456 e. The van der Waals surface area contributed by atoms with Gasteiger partial charge >= 0.3 is 7.12 Å². The Morgan fingerprint density at radius 1 is 0.422 bits per heavy atom. The number of nitrogens with zero attached hydrogens (tertiary/aromatic N) is 2. The van der Waals surface area contributed by atoms with Gasteiger partial charge in [-0.15, -0.1) is 0 Å². The number of fused-ring (bicyclic) bond motifs is 12. The highest BCUT2D eigenvalue weighted by atomic mass is 79.9. The summed E-state index contributed by atoms with van der Waals surface area (Å²) in [5.74, 6) is 0. The summed E-state index contributed by atoms with van der Waals surface area (Å²) in [6.45, 7) is 0. The first-order chi connectivity index (χ1) is 31.1. The molecule has 0 spiro atoms. The molecular formula is C52H32BBrN2O8. The van der Waals surface area contributed by atoms with Crippen LogP contribution in [0.5, 0.6) is 0 Å². The third-order valence-corrected chi connectivity index (χ3v) is 12.1. The van der Waals surface area contributed by atoms with Crippen LogP contribution in [-0.2, 0) is 0 Å². The van der Waals surface area contributed by atoms with E-state index in [4.69, 9.17) is 8.83 Å². The van der Waals surface area contributed by atoms with E-state index in [9.17, 15) is 30.3 Å². The summed E-state index contributed by atoms with van der Waals surface area (Å²) in [7, 11) is -1.45. The van der Waals surface area contributed by atoms with Crippen molar-refractivity contribution in [2.24, 2.45) is 0 Å². The van der Waals surface area contributed by atoms with Gasteiger partial charge in [-0.3, -0.25) is 20.2 Å². The fourth-order valence-electron chi connectivity index (χ4n) is 8.39. The molecule has 10 nitrogen and oxygen atoms in total. The normalized spacial score (nSPS) is 11.3. The van der Waals surface area contributed by atoms with Crippen molar-refractivity contribution in [3.8, 4) is 11.1 Å². The predicted molar refractivity (Wildman–Crippen MR) is 260 cm³/mol. The lowest BCUT2D eigenvalue weighted by Crippen LogP contribution is -2.29. The first-order valence-electron chi connectivity index (χ1n) is 20.2. The van der Waals surface area contributed by atoms with Crippen LogP contribution in [0.4, 0.5) is 11.4 Å². The number of hydrogen-bond acceptors (Lipinski definition) is 8. The summed E-state index contributed by atoms with van der Waals surface area (Å²) < 4.78 is 12.5. The average molecular weight is 904 g/mol. The molecule has 0 bridgehead atoms. The van der Waals surface area contributed by atoms with Crippen LogP contribution in [-0.4, -0.2) is 27.0 Å². The van der Waals surface area contributed by atoms with E-state index in [0.29, 0.717) is 15.5 Å².